The predicted octanol–water partition coefficient (Wildman–Crippen LogP) is 1.61. The van der Waals surface area contributed by atoms with Gasteiger partial charge in [-0.2, -0.15) is 0 Å². The summed E-state index contributed by atoms with van der Waals surface area (Å²) in [5, 5.41) is 9.77. The molecular weight excluding hydrogens is 262 g/mol. The van der Waals surface area contributed by atoms with Crippen LogP contribution in [0.2, 0.25) is 0 Å². The van der Waals surface area contributed by atoms with Crippen LogP contribution < -0.4 is 10.5 Å². The lowest BCUT2D eigenvalue weighted by Crippen LogP contribution is -2.14. The molecule has 0 unspecified atom stereocenters. The fraction of sp³-hybridized carbons (Fsp3) is 0.300. The fourth-order valence-electron chi connectivity index (χ4n) is 1.28. The Morgan fingerprint density at radius 1 is 1.67 bits per heavy atom. The van der Waals surface area contributed by atoms with E-state index in [2.05, 4.69) is 15.9 Å². The average Bonchev–Trinajstić information content (AvgIpc) is 2.23. The summed E-state index contributed by atoms with van der Waals surface area (Å²) in [6.07, 6.45) is 0. The van der Waals surface area contributed by atoms with Gasteiger partial charge in [0.1, 0.15) is 0 Å². The quantitative estimate of drug-likeness (QED) is 0.821. The zero-order valence-corrected chi connectivity index (χ0v) is 10.1. The molecule has 15 heavy (non-hydrogen) atoms. The Kier molecular flexibility index (Phi) is 3.71. The lowest BCUT2D eigenvalue weighted by atomic mass is 10.1. The highest BCUT2D eigenvalue weighted by Gasteiger charge is 2.18. The molecule has 0 spiro atoms. The highest BCUT2D eigenvalue weighted by Crippen LogP contribution is 2.38. The van der Waals surface area contributed by atoms with Crippen molar-refractivity contribution in [3.63, 3.8) is 0 Å². The smallest absolute Gasteiger partial charge is 0.180 e. The number of aromatic hydroxyl groups is 1. The number of phenolic OH excluding ortho intramolecular Hbond substituents is 1. The van der Waals surface area contributed by atoms with E-state index in [4.69, 9.17) is 10.5 Å². The number of ketones is 1. The molecule has 0 aliphatic heterocycles. The molecule has 1 rings (SSSR count). The summed E-state index contributed by atoms with van der Waals surface area (Å²) in [6, 6.07) is 1.54. The number of carbonyl (C=O) groups is 1. The lowest BCUT2D eigenvalue weighted by Gasteiger charge is -2.12. The van der Waals surface area contributed by atoms with Crippen molar-refractivity contribution in [1.29, 1.82) is 0 Å². The Labute approximate surface area is 96.2 Å². The molecule has 5 heteroatoms. The van der Waals surface area contributed by atoms with Gasteiger partial charge >= 0.3 is 0 Å². The highest BCUT2D eigenvalue weighted by molar-refractivity contribution is 9.10. The molecule has 0 saturated heterocycles. The van der Waals surface area contributed by atoms with Crippen LogP contribution in [0, 0.1) is 6.92 Å². The van der Waals surface area contributed by atoms with E-state index in [9.17, 15) is 9.90 Å². The monoisotopic (exact) mass is 273 g/mol. The zero-order chi connectivity index (χ0) is 11.6. The Balaban J connectivity index is 3.43. The molecule has 0 aliphatic rings. The van der Waals surface area contributed by atoms with Gasteiger partial charge in [0, 0.05) is 10.0 Å². The van der Waals surface area contributed by atoms with Crippen molar-refractivity contribution in [3.8, 4) is 11.5 Å². The van der Waals surface area contributed by atoms with E-state index in [0.29, 0.717) is 10.2 Å². The number of Topliss-reactive ketones (excluding diaryl/α,β-unsaturated/α-hetero) is 1. The van der Waals surface area contributed by atoms with E-state index < -0.39 is 0 Å². The Morgan fingerprint density at radius 2 is 2.27 bits per heavy atom. The molecule has 0 fully saturated rings. The van der Waals surface area contributed by atoms with E-state index in [1.54, 1.807) is 13.0 Å². The van der Waals surface area contributed by atoms with Gasteiger partial charge in [-0.15, -0.1) is 0 Å². The van der Waals surface area contributed by atoms with Gasteiger partial charge in [-0.3, -0.25) is 4.79 Å². The van der Waals surface area contributed by atoms with Crippen LogP contribution in [0.4, 0.5) is 0 Å². The molecule has 4 nitrogen and oxygen atoms in total. The molecule has 0 amide bonds. The van der Waals surface area contributed by atoms with E-state index in [-0.39, 0.29) is 23.6 Å². The van der Waals surface area contributed by atoms with Gasteiger partial charge in [0.25, 0.3) is 0 Å². The first kappa shape index (κ1) is 12.0. The molecule has 0 aromatic heterocycles. The number of nitrogens with two attached hydrogens (primary N) is 1. The number of benzene rings is 1. The van der Waals surface area contributed by atoms with Gasteiger partial charge in [0.05, 0.1) is 19.2 Å². The number of hydrogen-bond donors (Lipinski definition) is 2. The molecule has 1 aromatic rings. The van der Waals surface area contributed by atoms with Crippen LogP contribution >= 0.6 is 15.9 Å². The molecule has 1 aromatic carbocycles. The largest absolute Gasteiger partial charge is 0.504 e. The van der Waals surface area contributed by atoms with Crippen molar-refractivity contribution in [2.45, 2.75) is 6.92 Å². The summed E-state index contributed by atoms with van der Waals surface area (Å²) >= 11 is 3.29. The van der Waals surface area contributed by atoms with Crippen molar-refractivity contribution in [2.24, 2.45) is 5.73 Å². The first-order valence-corrected chi connectivity index (χ1v) is 5.11. The SMILES string of the molecule is COc1c(C)c(Br)cc(C(=O)CN)c1O. The minimum absolute atomic E-state index is 0.147. The van der Waals surface area contributed by atoms with Crippen LogP contribution in [-0.4, -0.2) is 24.5 Å². The number of hydrogen-bond acceptors (Lipinski definition) is 4. The number of rotatable bonds is 3. The first-order chi connectivity index (χ1) is 7.02. The van der Waals surface area contributed by atoms with Gasteiger partial charge in [0.15, 0.2) is 17.3 Å². The summed E-state index contributed by atoms with van der Waals surface area (Å²) in [7, 11) is 1.44. The van der Waals surface area contributed by atoms with Gasteiger partial charge in [-0.1, -0.05) is 15.9 Å². The van der Waals surface area contributed by atoms with Gasteiger partial charge in [-0.25, -0.2) is 0 Å². The average molecular weight is 274 g/mol. The zero-order valence-electron chi connectivity index (χ0n) is 8.50. The van der Waals surface area contributed by atoms with E-state index in [1.165, 1.54) is 7.11 Å². The third-order valence-corrected chi connectivity index (χ3v) is 2.95. The van der Waals surface area contributed by atoms with Crippen LogP contribution in [0.1, 0.15) is 15.9 Å². The molecule has 0 bridgehead atoms. The highest BCUT2D eigenvalue weighted by atomic mass is 79.9. The Hall–Kier alpha value is -1.07. The molecule has 0 aliphatic carbocycles. The lowest BCUT2D eigenvalue weighted by molar-refractivity contribution is 0.0998. The summed E-state index contributed by atoms with van der Waals surface area (Å²) in [6.45, 7) is 1.63. The van der Waals surface area contributed by atoms with Crippen molar-refractivity contribution >= 4 is 21.7 Å². The minimum Gasteiger partial charge on any atom is -0.504 e. The van der Waals surface area contributed by atoms with Gasteiger partial charge in [0.2, 0.25) is 0 Å². The molecule has 3 N–H and O–H groups in total. The maximum absolute atomic E-state index is 11.4. The summed E-state index contributed by atoms with van der Waals surface area (Å²) in [5.74, 6) is -0.193. The summed E-state index contributed by atoms with van der Waals surface area (Å²) < 4.78 is 5.72. The number of methoxy groups -OCH3 is 1. The van der Waals surface area contributed by atoms with E-state index in [0.717, 1.165) is 5.56 Å². The fourth-order valence-corrected chi connectivity index (χ4v) is 1.69. The predicted molar refractivity (Wildman–Crippen MR) is 60.5 cm³/mol. The van der Waals surface area contributed by atoms with Crippen LogP contribution in [0.15, 0.2) is 10.5 Å². The standard InChI is InChI=1S/C10H12BrNO3/c1-5-7(11)3-6(8(13)4-12)9(14)10(5)15-2/h3,14H,4,12H2,1-2H3. The van der Waals surface area contributed by atoms with Crippen LogP contribution in [0.25, 0.3) is 0 Å². The van der Waals surface area contributed by atoms with E-state index >= 15 is 0 Å². The molecular formula is C10H12BrNO3. The third kappa shape index (κ3) is 2.13. The number of halogens is 1. The Bertz CT molecular complexity index is 404. The second-order valence-corrected chi connectivity index (χ2v) is 3.89. The minimum atomic E-state index is -0.327. The van der Waals surface area contributed by atoms with Crippen LogP contribution in [0.3, 0.4) is 0 Å². The first-order valence-electron chi connectivity index (χ1n) is 4.32. The molecule has 0 saturated carbocycles. The second-order valence-electron chi connectivity index (χ2n) is 3.04. The van der Waals surface area contributed by atoms with Crippen molar-refractivity contribution in [2.75, 3.05) is 13.7 Å². The van der Waals surface area contributed by atoms with Gasteiger partial charge < -0.3 is 15.6 Å². The summed E-state index contributed by atoms with van der Waals surface area (Å²) in [4.78, 5) is 11.4. The van der Waals surface area contributed by atoms with Gasteiger partial charge in [-0.05, 0) is 13.0 Å². The van der Waals surface area contributed by atoms with Crippen LogP contribution in [0.5, 0.6) is 11.5 Å². The third-order valence-electron chi connectivity index (χ3n) is 2.13. The van der Waals surface area contributed by atoms with Crippen molar-refractivity contribution in [3.05, 3.63) is 21.7 Å². The normalized spacial score (nSPS) is 10.1. The molecule has 0 atom stereocenters. The maximum Gasteiger partial charge on any atom is 0.180 e. The van der Waals surface area contributed by atoms with Crippen molar-refractivity contribution in [1.82, 2.24) is 0 Å². The number of phenols is 1. The molecule has 0 heterocycles. The van der Waals surface area contributed by atoms with E-state index in [1.807, 2.05) is 0 Å². The summed E-state index contributed by atoms with van der Waals surface area (Å²) in [5.41, 5.74) is 6.15. The molecule has 82 valence electrons. The van der Waals surface area contributed by atoms with Crippen LogP contribution in [-0.2, 0) is 0 Å². The Morgan fingerprint density at radius 3 is 2.73 bits per heavy atom. The number of carbonyl (C=O) groups excluding carboxylic acids is 1. The topological polar surface area (TPSA) is 72.5 Å². The van der Waals surface area contributed by atoms with Crippen molar-refractivity contribution < 1.29 is 14.6 Å². The number of ether oxygens (including phenoxy) is 1. The molecule has 0 radical (unpaired) electrons. The second kappa shape index (κ2) is 4.63. The maximum atomic E-state index is 11.4.